The van der Waals surface area contributed by atoms with Crippen LogP contribution in [0.4, 0.5) is 19.0 Å². The number of halogens is 3. The van der Waals surface area contributed by atoms with Gasteiger partial charge in [0.15, 0.2) is 0 Å². The fraction of sp³-hybridized carbons (Fsp3) is 0.471. The Kier molecular flexibility index (Phi) is 4.89. The predicted molar refractivity (Wildman–Crippen MR) is 89.4 cm³/mol. The highest BCUT2D eigenvalue weighted by Crippen LogP contribution is 2.31. The first-order valence-corrected chi connectivity index (χ1v) is 8.05. The van der Waals surface area contributed by atoms with E-state index in [4.69, 9.17) is 4.74 Å². The lowest BCUT2D eigenvalue weighted by atomic mass is 10.1. The van der Waals surface area contributed by atoms with Crippen molar-refractivity contribution in [1.82, 2.24) is 15.0 Å². The summed E-state index contributed by atoms with van der Waals surface area (Å²) in [5, 5.41) is 0. The van der Waals surface area contributed by atoms with Crippen molar-refractivity contribution in [3.8, 4) is 0 Å². The first-order valence-electron chi connectivity index (χ1n) is 8.05. The lowest BCUT2D eigenvalue weighted by molar-refractivity contribution is -0.133. The van der Waals surface area contributed by atoms with Gasteiger partial charge >= 0.3 is 6.18 Å². The van der Waals surface area contributed by atoms with E-state index in [0.717, 1.165) is 5.69 Å². The SMILES string of the molecule is C=C(CCC(F)(F)F)c1nc(N2CCOCC2)cc2nc(C)cnc12. The summed E-state index contributed by atoms with van der Waals surface area (Å²) in [4.78, 5) is 15.4. The van der Waals surface area contributed by atoms with Crippen LogP contribution in [0.5, 0.6) is 0 Å². The Morgan fingerprint density at radius 1 is 1.28 bits per heavy atom. The second kappa shape index (κ2) is 6.95. The number of allylic oxidation sites excluding steroid dienone is 1. The molecule has 3 rings (SSSR count). The van der Waals surface area contributed by atoms with Crippen LogP contribution in [-0.4, -0.2) is 47.4 Å². The summed E-state index contributed by atoms with van der Waals surface area (Å²) in [6.45, 7) is 8.15. The van der Waals surface area contributed by atoms with E-state index in [-0.39, 0.29) is 6.42 Å². The minimum atomic E-state index is -4.23. The molecule has 2 aromatic rings. The van der Waals surface area contributed by atoms with Gasteiger partial charge in [0.25, 0.3) is 0 Å². The van der Waals surface area contributed by atoms with Gasteiger partial charge in [-0.1, -0.05) is 6.58 Å². The fourth-order valence-corrected chi connectivity index (χ4v) is 2.71. The van der Waals surface area contributed by atoms with Crippen LogP contribution in [-0.2, 0) is 4.74 Å². The Hall–Kier alpha value is -2.22. The Bertz CT molecular complexity index is 785. The second-order valence-electron chi connectivity index (χ2n) is 6.03. The van der Waals surface area contributed by atoms with Gasteiger partial charge in [0.2, 0.25) is 0 Å². The molecule has 0 saturated carbocycles. The van der Waals surface area contributed by atoms with Gasteiger partial charge in [-0.25, -0.2) is 9.97 Å². The van der Waals surface area contributed by atoms with Crippen molar-refractivity contribution in [2.75, 3.05) is 31.2 Å². The third-order valence-electron chi connectivity index (χ3n) is 4.02. The lowest BCUT2D eigenvalue weighted by Gasteiger charge is -2.28. The number of hydrogen-bond donors (Lipinski definition) is 0. The second-order valence-corrected chi connectivity index (χ2v) is 6.03. The molecule has 0 aromatic carbocycles. The summed E-state index contributed by atoms with van der Waals surface area (Å²) in [7, 11) is 0. The molecule has 0 N–H and O–H groups in total. The Balaban J connectivity index is 2.00. The van der Waals surface area contributed by atoms with Crippen LogP contribution in [0, 0.1) is 6.92 Å². The molecule has 0 amide bonds. The molecular formula is C17H19F3N4O. The third-order valence-corrected chi connectivity index (χ3v) is 4.02. The summed E-state index contributed by atoms with van der Waals surface area (Å²) in [5.41, 5.74) is 2.53. The van der Waals surface area contributed by atoms with Crippen molar-refractivity contribution in [3.63, 3.8) is 0 Å². The molecule has 0 aliphatic carbocycles. The molecule has 134 valence electrons. The van der Waals surface area contributed by atoms with Crippen LogP contribution in [0.15, 0.2) is 18.8 Å². The molecular weight excluding hydrogens is 333 g/mol. The lowest BCUT2D eigenvalue weighted by Crippen LogP contribution is -2.36. The summed E-state index contributed by atoms with van der Waals surface area (Å²) >= 11 is 0. The summed E-state index contributed by atoms with van der Waals surface area (Å²) in [5.74, 6) is 0.666. The Labute approximate surface area is 143 Å². The van der Waals surface area contributed by atoms with Gasteiger partial charge in [-0.15, -0.1) is 0 Å². The van der Waals surface area contributed by atoms with E-state index in [2.05, 4.69) is 21.5 Å². The number of pyridine rings is 1. The zero-order valence-electron chi connectivity index (χ0n) is 13.9. The average Bonchev–Trinajstić information content (AvgIpc) is 2.58. The van der Waals surface area contributed by atoms with Crippen LogP contribution in [0.3, 0.4) is 0 Å². The molecule has 8 heteroatoms. The van der Waals surface area contributed by atoms with Crippen LogP contribution in [0.1, 0.15) is 24.2 Å². The highest BCUT2D eigenvalue weighted by Gasteiger charge is 2.27. The first-order chi connectivity index (χ1) is 11.8. The summed E-state index contributed by atoms with van der Waals surface area (Å²) in [6, 6.07) is 1.82. The Morgan fingerprint density at radius 2 is 2.00 bits per heavy atom. The number of nitrogens with zero attached hydrogens (tertiary/aromatic N) is 4. The molecule has 25 heavy (non-hydrogen) atoms. The van der Waals surface area contributed by atoms with Gasteiger partial charge < -0.3 is 9.64 Å². The Morgan fingerprint density at radius 3 is 2.68 bits per heavy atom. The predicted octanol–water partition coefficient (Wildman–Crippen LogP) is 3.53. The fourth-order valence-electron chi connectivity index (χ4n) is 2.71. The number of hydrogen-bond acceptors (Lipinski definition) is 5. The molecule has 0 unspecified atom stereocenters. The van der Waals surface area contributed by atoms with Gasteiger partial charge in [0.05, 0.1) is 30.1 Å². The molecule has 0 atom stereocenters. The summed E-state index contributed by atoms with van der Waals surface area (Å²) < 4.78 is 43.0. The van der Waals surface area contributed by atoms with Crippen LogP contribution < -0.4 is 4.90 Å². The van der Waals surface area contributed by atoms with Crippen LogP contribution in [0.2, 0.25) is 0 Å². The monoisotopic (exact) mass is 352 g/mol. The molecule has 0 radical (unpaired) electrons. The van der Waals surface area contributed by atoms with Crippen molar-refractivity contribution in [2.24, 2.45) is 0 Å². The highest BCUT2D eigenvalue weighted by molar-refractivity contribution is 5.88. The zero-order chi connectivity index (χ0) is 18.0. The number of anilines is 1. The van der Waals surface area contributed by atoms with E-state index in [1.807, 2.05) is 17.9 Å². The van der Waals surface area contributed by atoms with Gasteiger partial charge in [-0.05, 0) is 18.9 Å². The van der Waals surface area contributed by atoms with Crippen LogP contribution >= 0.6 is 0 Å². The van der Waals surface area contributed by atoms with Crippen molar-refractivity contribution >= 4 is 22.4 Å². The minimum absolute atomic E-state index is 0.215. The van der Waals surface area contributed by atoms with Crippen molar-refractivity contribution < 1.29 is 17.9 Å². The number of rotatable bonds is 4. The molecule has 2 aromatic heterocycles. The molecule has 1 saturated heterocycles. The quantitative estimate of drug-likeness (QED) is 0.843. The maximum Gasteiger partial charge on any atom is 0.389 e. The molecule has 3 heterocycles. The average molecular weight is 352 g/mol. The van der Waals surface area contributed by atoms with Gasteiger partial charge in [-0.3, -0.25) is 4.98 Å². The van der Waals surface area contributed by atoms with Crippen molar-refractivity contribution in [3.05, 3.63) is 30.2 Å². The molecule has 1 fully saturated rings. The number of aryl methyl sites for hydroxylation is 1. The van der Waals surface area contributed by atoms with E-state index in [0.29, 0.717) is 54.4 Å². The standard InChI is InChI=1S/C17H19F3N4O/c1-11(3-4-17(18,19)20)15-16-13(22-12(2)10-21-16)9-14(23-15)24-5-7-25-8-6-24/h9-10H,1,3-8H2,2H3. The number of aromatic nitrogens is 3. The van der Waals surface area contributed by atoms with Crippen molar-refractivity contribution in [2.45, 2.75) is 25.9 Å². The highest BCUT2D eigenvalue weighted by atomic mass is 19.4. The van der Waals surface area contributed by atoms with E-state index in [9.17, 15) is 13.2 Å². The summed E-state index contributed by atoms with van der Waals surface area (Å²) in [6.07, 6.45) is -3.80. The van der Waals surface area contributed by atoms with Crippen molar-refractivity contribution in [1.29, 1.82) is 0 Å². The van der Waals surface area contributed by atoms with Gasteiger partial charge in [-0.2, -0.15) is 13.2 Å². The number of alkyl halides is 3. The number of morpholine rings is 1. The largest absolute Gasteiger partial charge is 0.389 e. The molecule has 5 nitrogen and oxygen atoms in total. The molecule has 1 aliphatic rings. The smallest absolute Gasteiger partial charge is 0.378 e. The first kappa shape index (κ1) is 17.6. The van der Waals surface area contributed by atoms with E-state index >= 15 is 0 Å². The van der Waals surface area contributed by atoms with Crippen LogP contribution in [0.25, 0.3) is 16.6 Å². The third kappa shape index (κ3) is 4.25. The number of ether oxygens (including phenoxy) is 1. The van der Waals surface area contributed by atoms with E-state index in [1.165, 1.54) is 0 Å². The maximum atomic E-state index is 12.6. The normalized spacial score (nSPS) is 15.6. The number of fused-ring (bicyclic) bond motifs is 1. The van der Waals surface area contributed by atoms with Gasteiger partial charge in [0, 0.05) is 31.8 Å². The van der Waals surface area contributed by atoms with E-state index < -0.39 is 12.6 Å². The zero-order valence-corrected chi connectivity index (χ0v) is 13.9. The van der Waals surface area contributed by atoms with E-state index in [1.54, 1.807) is 6.20 Å². The molecule has 0 spiro atoms. The minimum Gasteiger partial charge on any atom is -0.378 e. The topological polar surface area (TPSA) is 51.1 Å². The molecule has 1 aliphatic heterocycles. The molecule has 0 bridgehead atoms. The maximum absolute atomic E-state index is 12.6. The van der Waals surface area contributed by atoms with Gasteiger partial charge in [0.1, 0.15) is 11.3 Å².